The van der Waals surface area contributed by atoms with Gasteiger partial charge < -0.3 is 14.7 Å². The molecule has 0 aliphatic carbocycles. The van der Waals surface area contributed by atoms with Gasteiger partial charge >= 0.3 is 5.97 Å². The first kappa shape index (κ1) is 25.0. The number of anilines is 1. The van der Waals surface area contributed by atoms with Gasteiger partial charge in [0.25, 0.3) is 0 Å². The molecule has 3 rings (SSSR count). The molecule has 1 aliphatic rings. The van der Waals surface area contributed by atoms with Crippen LogP contribution in [0.5, 0.6) is 5.75 Å². The summed E-state index contributed by atoms with van der Waals surface area (Å²) in [6, 6.07) is 15.8. The second-order valence-electron chi connectivity index (χ2n) is 7.68. The van der Waals surface area contributed by atoms with Gasteiger partial charge in [0.2, 0.25) is 0 Å². The van der Waals surface area contributed by atoms with E-state index in [1.165, 1.54) is 5.56 Å². The molecule has 0 aromatic heterocycles. The highest BCUT2D eigenvalue weighted by atomic mass is 35.5. The number of halogens is 2. The Morgan fingerprint density at radius 3 is 2.39 bits per heavy atom. The van der Waals surface area contributed by atoms with Crippen LogP contribution in [-0.2, 0) is 17.9 Å². The summed E-state index contributed by atoms with van der Waals surface area (Å²) in [5, 5.41) is 8.67. The average molecular weight is 451 g/mol. The molecule has 1 saturated heterocycles. The Balaban J connectivity index is 0.00000341. The van der Waals surface area contributed by atoms with E-state index in [2.05, 4.69) is 21.9 Å². The van der Waals surface area contributed by atoms with Crippen LogP contribution >= 0.6 is 12.4 Å². The highest BCUT2D eigenvalue weighted by Gasteiger charge is 2.18. The van der Waals surface area contributed by atoms with Crippen LogP contribution in [0.2, 0.25) is 0 Å². The zero-order chi connectivity index (χ0) is 21.2. The summed E-state index contributed by atoms with van der Waals surface area (Å²) < 4.78 is 19.1. The number of unbranched alkanes of at least 4 members (excludes halogenated alkanes) is 1. The number of carboxylic acid groups (broad SMARTS) is 1. The smallest absolute Gasteiger partial charge is 0.303 e. The van der Waals surface area contributed by atoms with Gasteiger partial charge in [-0.1, -0.05) is 30.3 Å². The van der Waals surface area contributed by atoms with Gasteiger partial charge in [-0.2, -0.15) is 0 Å². The molecule has 0 atom stereocenters. The van der Waals surface area contributed by atoms with Crippen molar-refractivity contribution in [2.24, 2.45) is 0 Å². The number of carboxylic acids is 1. The third kappa shape index (κ3) is 8.04. The van der Waals surface area contributed by atoms with Crippen molar-refractivity contribution in [2.75, 3.05) is 44.2 Å². The predicted octanol–water partition coefficient (Wildman–Crippen LogP) is 4.58. The molecule has 0 saturated carbocycles. The maximum atomic E-state index is 13.2. The van der Waals surface area contributed by atoms with Crippen LogP contribution in [0.25, 0.3) is 0 Å². The molecular weight excluding hydrogens is 419 g/mol. The Kier molecular flexibility index (Phi) is 10.6. The molecule has 0 amide bonds. The fourth-order valence-electron chi connectivity index (χ4n) is 3.79. The molecule has 31 heavy (non-hydrogen) atoms. The molecule has 7 heteroatoms. The standard InChI is InChI=1S/C24H31FN2O3.ClH/c25-19-21-6-2-3-7-23(21)27-15-13-26(14-16-27)17-18-30-22-11-9-20(10-12-22)5-1-4-8-24(28)29;/h2-3,6-7,9-12H,1,4-5,8,13-19H2,(H,28,29);1H. The van der Waals surface area contributed by atoms with Crippen molar-refractivity contribution in [1.82, 2.24) is 4.90 Å². The SMILES string of the molecule is Cl.O=C(O)CCCCc1ccc(OCCN2CCN(c3ccccc3CF)CC2)cc1. The molecule has 2 aromatic rings. The summed E-state index contributed by atoms with van der Waals surface area (Å²) in [6.45, 7) is 4.76. The number of piperazine rings is 1. The van der Waals surface area contributed by atoms with Crippen molar-refractivity contribution < 1.29 is 19.0 Å². The average Bonchev–Trinajstić information content (AvgIpc) is 2.78. The van der Waals surface area contributed by atoms with E-state index in [-0.39, 0.29) is 18.8 Å². The number of hydrogen-bond acceptors (Lipinski definition) is 4. The fraction of sp³-hybridized carbons (Fsp3) is 0.458. The number of aliphatic carboxylic acids is 1. The highest BCUT2D eigenvalue weighted by molar-refractivity contribution is 5.85. The van der Waals surface area contributed by atoms with E-state index in [9.17, 15) is 9.18 Å². The monoisotopic (exact) mass is 450 g/mol. The van der Waals surface area contributed by atoms with E-state index in [1.807, 2.05) is 36.4 Å². The Morgan fingerprint density at radius 1 is 1.00 bits per heavy atom. The Bertz CT molecular complexity index is 796. The maximum Gasteiger partial charge on any atom is 0.303 e. The summed E-state index contributed by atoms with van der Waals surface area (Å²) in [5.74, 6) is 0.129. The fourth-order valence-corrected chi connectivity index (χ4v) is 3.79. The third-order valence-corrected chi connectivity index (χ3v) is 5.55. The molecule has 1 N–H and O–H groups in total. The summed E-state index contributed by atoms with van der Waals surface area (Å²) in [5.41, 5.74) is 2.98. The van der Waals surface area contributed by atoms with E-state index >= 15 is 0 Å². The molecule has 1 aliphatic heterocycles. The quantitative estimate of drug-likeness (QED) is 0.508. The van der Waals surface area contributed by atoms with Gasteiger partial charge in [0.1, 0.15) is 19.0 Å². The van der Waals surface area contributed by atoms with Gasteiger partial charge in [-0.15, -0.1) is 12.4 Å². The first-order valence-corrected chi connectivity index (χ1v) is 10.7. The summed E-state index contributed by atoms with van der Waals surface area (Å²) in [7, 11) is 0. The highest BCUT2D eigenvalue weighted by Crippen LogP contribution is 2.22. The van der Waals surface area contributed by atoms with Crippen LogP contribution in [0, 0.1) is 0 Å². The van der Waals surface area contributed by atoms with Gasteiger partial charge in [-0.25, -0.2) is 4.39 Å². The molecule has 2 aromatic carbocycles. The van der Waals surface area contributed by atoms with Gasteiger partial charge in [-0.05, 0) is 43.0 Å². The lowest BCUT2D eigenvalue weighted by Crippen LogP contribution is -2.47. The lowest BCUT2D eigenvalue weighted by molar-refractivity contribution is -0.137. The van der Waals surface area contributed by atoms with Crippen LogP contribution in [0.4, 0.5) is 10.1 Å². The Morgan fingerprint density at radius 2 is 1.71 bits per heavy atom. The minimum Gasteiger partial charge on any atom is -0.492 e. The normalized spacial score (nSPS) is 14.2. The Labute approximate surface area is 190 Å². The molecule has 0 bridgehead atoms. The third-order valence-electron chi connectivity index (χ3n) is 5.55. The van der Waals surface area contributed by atoms with Gasteiger partial charge in [-0.3, -0.25) is 9.69 Å². The minimum atomic E-state index is -0.732. The van der Waals surface area contributed by atoms with Crippen molar-refractivity contribution in [3.63, 3.8) is 0 Å². The molecule has 170 valence electrons. The van der Waals surface area contributed by atoms with Gasteiger partial charge in [0.05, 0.1) is 0 Å². The van der Waals surface area contributed by atoms with Crippen LogP contribution in [0.1, 0.15) is 30.4 Å². The van der Waals surface area contributed by atoms with Crippen LogP contribution in [0.15, 0.2) is 48.5 Å². The van der Waals surface area contributed by atoms with E-state index in [0.29, 0.717) is 13.0 Å². The first-order chi connectivity index (χ1) is 14.7. The minimum absolute atomic E-state index is 0. The number of rotatable bonds is 11. The Hall–Kier alpha value is -2.31. The molecule has 0 radical (unpaired) electrons. The summed E-state index contributed by atoms with van der Waals surface area (Å²) >= 11 is 0. The van der Waals surface area contributed by atoms with E-state index < -0.39 is 12.6 Å². The van der Waals surface area contributed by atoms with Crippen LogP contribution < -0.4 is 9.64 Å². The largest absolute Gasteiger partial charge is 0.492 e. The lowest BCUT2D eigenvalue weighted by atomic mass is 10.1. The summed E-state index contributed by atoms with van der Waals surface area (Å²) in [4.78, 5) is 15.2. The van der Waals surface area contributed by atoms with Gasteiger partial charge in [0.15, 0.2) is 0 Å². The molecule has 0 unspecified atom stereocenters. The van der Waals surface area contributed by atoms with Crippen molar-refractivity contribution >= 4 is 24.1 Å². The van der Waals surface area contributed by atoms with Gasteiger partial charge in [0, 0.05) is 50.4 Å². The van der Waals surface area contributed by atoms with E-state index in [0.717, 1.165) is 62.6 Å². The number of hydrogen-bond donors (Lipinski definition) is 1. The van der Waals surface area contributed by atoms with Crippen LogP contribution in [-0.4, -0.2) is 55.3 Å². The molecule has 0 spiro atoms. The zero-order valence-corrected chi connectivity index (χ0v) is 18.7. The second kappa shape index (κ2) is 13.2. The maximum absolute atomic E-state index is 13.2. The second-order valence-corrected chi connectivity index (χ2v) is 7.68. The number of benzene rings is 2. The number of nitrogens with zero attached hydrogens (tertiary/aromatic N) is 2. The molecule has 5 nitrogen and oxygen atoms in total. The van der Waals surface area contributed by atoms with Crippen molar-refractivity contribution in [2.45, 2.75) is 32.4 Å². The first-order valence-electron chi connectivity index (χ1n) is 10.7. The predicted molar refractivity (Wildman–Crippen MR) is 124 cm³/mol. The molecular formula is C24H32ClFN2O3. The van der Waals surface area contributed by atoms with E-state index in [4.69, 9.17) is 9.84 Å². The van der Waals surface area contributed by atoms with Crippen LogP contribution in [0.3, 0.4) is 0 Å². The van der Waals surface area contributed by atoms with Crippen molar-refractivity contribution in [3.8, 4) is 5.75 Å². The lowest BCUT2D eigenvalue weighted by Gasteiger charge is -2.36. The van der Waals surface area contributed by atoms with Crippen molar-refractivity contribution in [1.29, 1.82) is 0 Å². The number of carbonyl (C=O) groups is 1. The number of alkyl halides is 1. The van der Waals surface area contributed by atoms with Crippen molar-refractivity contribution in [3.05, 3.63) is 59.7 Å². The molecule has 1 fully saturated rings. The number of aryl methyl sites for hydroxylation is 1. The zero-order valence-electron chi connectivity index (χ0n) is 17.8. The summed E-state index contributed by atoms with van der Waals surface area (Å²) in [6.07, 6.45) is 2.72. The molecule has 1 heterocycles. The number of ether oxygens (including phenoxy) is 1. The number of para-hydroxylation sites is 1. The topological polar surface area (TPSA) is 53.0 Å². The van der Waals surface area contributed by atoms with E-state index in [1.54, 1.807) is 0 Å².